The smallest absolute Gasteiger partial charge is 0.322 e. The van der Waals surface area contributed by atoms with E-state index in [0.29, 0.717) is 5.56 Å². The molecule has 0 bridgehead atoms. The monoisotopic (exact) mass is 365 g/mol. The van der Waals surface area contributed by atoms with Gasteiger partial charge in [0, 0.05) is 6.54 Å². The minimum atomic E-state index is -4.12. The lowest BCUT2D eigenvalue weighted by atomic mass is 10.0. The number of carboxylic acid groups (broad SMARTS) is 1. The largest absolute Gasteiger partial charge is 0.480 e. The van der Waals surface area contributed by atoms with E-state index in [1.807, 2.05) is 0 Å². The standard InChI is InChI=1S/C18H20FNO4S/c1-13(2)17(18(21)22)20(12-14-6-4-3-5-7-14)25(23,24)16-10-8-15(19)9-11-16/h3-11,13,17H,12H2,1-2H3,(H,21,22)/t17-/m1/s1. The number of carbonyl (C=O) groups is 1. The van der Waals surface area contributed by atoms with Crippen LogP contribution in [0, 0.1) is 11.7 Å². The highest BCUT2D eigenvalue weighted by molar-refractivity contribution is 7.89. The SMILES string of the molecule is CC(C)[C@H](C(=O)O)N(Cc1ccccc1)S(=O)(=O)c1ccc(F)cc1. The molecule has 0 aromatic heterocycles. The van der Waals surface area contributed by atoms with Crippen LogP contribution in [-0.4, -0.2) is 29.8 Å². The Bertz CT molecular complexity index is 820. The number of hydrogen-bond acceptors (Lipinski definition) is 3. The summed E-state index contributed by atoms with van der Waals surface area (Å²) in [5, 5.41) is 9.58. The molecular formula is C18H20FNO4S. The van der Waals surface area contributed by atoms with Gasteiger partial charge in [-0.3, -0.25) is 4.79 Å². The molecule has 2 rings (SSSR count). The summed E-state index contributed by atoms with van der Waals surface area (Å²) in [6.07, 6.45) is 0. The highest BCUT2D eigenvalue weighted by Gasteiger charge is 2.37. The fraction of sp³-hybridized carbons (Fsp3) is 0.278. The van der Waals surface area contributed by atoms with Crippen LogP contribution in [0.25, 0.3) is 0 Å². The van der Waals surface area contributed by atoms with E-state index in [1.54, 1.807) is 44.2 Å². The van der Waals surface area contributed by atoms with E-state index in [9.17, 15) is 22.7 Å². The first kappa shape index (κ1) is 19.1. The van der Waals surface area contributed by atoms with Gasteiger partial charge in [0.05, 0.1) is 4.90 Å². The first-order chi connectivity index (χ1) is 11.7. The van der Waals surface area contributed by atoms with Gasteiger partial charge in [0.25, 0.3) is 0 Å². The van der Waals surface area contributed by atoms with Crippen molar-refractivity contribution in [2.75, 3.05) is 0 Å². The molecular weight excluding hydrogens is 345 g/mol. The lowest BCUT2D eigenvalue weighted by Gasteiger charge is -2.30. The second kappa shape index (κ2) is 7.76. The van der Waals surface area contributed by atoms with Crippen molar-refractivity contribution in [3.63, 3.8) is 0 Å². The summed E-state index contributed by atoms with van der Waals surface area (Å²) < 4.78 is 40.2. The van der Waals surface area contributed by atoms with Crippen LogP contribution in [0.4, 0.5) is 4.39 Å². The van der Waals surface area contributed by atoms with E-state index in [1.165, 1.54) is 0 Å². The van der Waals surface area contributed by atoms with Gasteiger partial charge in [0.15, 0.2) is 0 Å². The van der Waals surface area contributed by atoms with Crippen LogP contribution < -0.4 is 0 Å². The Morgan fingerprint density at radius 2 is 1.64 bits per heavy atom. The normalized spacial score (nSPS) is 13.2. The van der Waals surface area contributed by atoms with E-state index in [0.717, 1.165) is 28.6 Å². The molecule has 2 aromatic carbocycles. The topological polar surface area (TPSA) is 74.7 Å². The van der Waals surface area contributed by atoms with Gasteiger partial charge in [-0.05, 0) is 35.7 Å². The third-order valence-corrected chi connectivity index (χ3v) is 5.64. The van der Waals surface area contributed by atoms with Crippen molar-refractivity contribution in [2.24, 2.45) is 5.92 Å². The van der Waals surface area contributed by atoms with Gasteiger partial charge >= 0.3 is 5.97 Å². The van der Waals surface area contributed by atoms with Crippen molar-refractivity contribution in [2.45, 2.75) is 31.3 Å². The molecule has 0 heterocycles. The molecule has 1 atom stereocenters. The highest BCUT2D eigenvalue weighted by atomic mass is 32.2. The van der Waals surface area contributed by atoms with Crippen molar-refractivity contribution >= 4 is 16.0 Å². The molecule has 0 radical (unpaired) electrons. The average Bonchev–Trinajstić information content (AvgIpc) is 2.55. The minimum absolute atomic E-state index is 0.0876. The third-order valence-electron chi connectivity index (χ3n) is 3.80. The van der Waals surface area contributed by atoms with Crippen molar-refractivity contribution in [3.05, 3.63) is 66.0 Å². The predicted octanol–water partition coefficient (Wildman–Crippen LogP) is 3.13. The maximum absolute atomic E-state index is 13.1. The van der Waals surface area contributed by atoms with Gasteiger partial charge in [0.2, 0.25) is 10.0 Å². The number of aliphatic carboxylic acids is 1. The van der Waals surface area contributed by atoms with Crippen LogP contribution in [0.5, 0.6) is 0 Å². The van der Waals surface area contributed by atoms with Crippen molar-refractivity contribution in [1.82, 2.24) is 4.31 Å². The van der Waals surface area contributed by atoms with E-state index < -0.39 is 33.8 Å². The number of halogens is 1. The van der Waals surface area contributed by atoms with Crippen molar-refractivity contribution in [1.29, 1.82) is 0 Å². The summed E-state index contributed by atoms with van der Waals surface area (Å²) in [7, 11) is -4.12. The number of hydrogen-bond donors (Lipinski definition) is 1. The Labute approximate surface area is 146 Å². The Balaban J connectivity index is 2.52. The van der Waals surface area contributed by atoms with Gasteiger partial charge in [-0.2, -0.15) is 4.31 Å². The van der Waals surface area contributed by atoms with Crippen LogP contribution in [0.2, 0.25) is 0 Å². The Morgan fingerprint density at radius 1 is 1.08 bits per heavy atom. The minimum Gasteiger partial charge on any atom is -0.480 e. The van der Waals surface area contributed by atoms with Crippen LogP contribution in [0.3, 0.4) is 0 Å². The van der Waals surface area contributed by atoms with E-state index in [2.05, 4.69) is 0 Å². The highest BCUT2D eigenvalue weighted by Crippen LogP contribution is 2.25. The molecule has 5 nitrogen and oxygen atoms in total. The molecule has 134 valence electrons. The second-order valence-corrected chi connectivity index (χ2v) is 7.91. The molecule has 0 aliphatic heterocycles. The molecule has 0 unspecified atom stereocenters. The molecule has 7 heteroatoms. The maximum Gasteiger partial charge on any atom is 0.322 e. The summed E-state index contributed by atoms with van der Waals surface area (Å²) in [6, 6.07) is 11.9. The average molecular weight is 365 g/mol. The van der Waals surface area contributed by atoms with E-state index in [4.69, 9.17) is 0 Å². The van der Waals surface area contributed by atoms with Gasteiger partial charge in [-0.1, -0.05) is 44.2 Å². The first-order valence-corrected chi connectivity index (χ1v) is 9.21. The zero-order valence-electron chi connectivity index (χ0n) is 14.0. The quantitative estimate of drug-likeness (QED) is 0.818. The number of rotatable bonds is 7. The number of benzene rings is 2. The molecule has 0 aliphatic rings. The molecule has 0 amide bonds. The molecule has 1 N–H and O–H groups in total. The number of nitrogens with zero attached hydrogens (tertiary/aromatic N) is 1. The summed E-state index contributed by atoms with van der Waals surface area (Å²) in [5.74, 6) is -2.24. The number of carboxylic acids is 1. The van der Waals surface area contributed by atoms with E-state index in [-0.39, 0.29) is 11.4 Å². The van der Waals surface area contributed by atoms with Crippen molar-refractivity contribution < 1.29 is 22.7 Å². The van der Waals surface area contributed by atoms with Crippen LogP contribution in [0.1, 0.15) is 19.4 Å². The Morgan fingerprint density at radius 3 is 2.12 bits per heavy atom. The molecule has 0 aliphatic carbocycles. The van der Waals surface area contributed by atoms with Crippen LogP contribution in [0.15, 0.2) is 59.5 Å². The Kier molecular flexibility index (Phi) is 5.92. The number of sulfonamides is 1. The fourth-order valence-electron chi connectivity index (χ4n) is 2.58. The van der Waals surface area contributed by atoms with Crippen LogP contribution in [-0.2, 0) is 21.4 Å². The summed E-state index contributed by atoms with van der Waals surface area (Å²) >= 11 is 0. The zero-order chi connectivity index (χ0) is 18.6. The van der Waals surface area contributed by atoms with Gasteiger partial charge in [-0.25, -0.2) is 12.8 Å². The summed E-state index contributed by atoms with van der Waals surface area (Å²) in [4.78, 5) is 11.6. The fourth-order valence-corrected chi connectivity index (χ4v) is 4.28. The maximum atomic E-state index is 13.1. The summed E-state index contributed by atoms with van der Waals surface area (Å²) in [5.41, 5.74) is 0.667. The van der Waals surface area contributed by atoms with Gasteiger partial charge < -0.3 is 5.11 Å². The molecule has 25 heavy (non-hydrogen) atoms. The van der Waals surface area contributed by atoms with Gasteiger partial charge in [-0.15, -0.1) is 0 Å². The van der Waals surface area contributed by atoms with Crippen molar-refractivity contribution in [3.8, 4) is 0 Å². The summed E-state index contributed by atoms with van der Waals surface area (Å²) in [6.45, 7) is 3.21. The second-order valence-electron chi connectivity index (χ2n) is 6.02. The van der Waals surface area contributed by atoms with Crippen LogP contribution >= 0.6 is 0 Å². The lowest BCUT2D eigenvalue weighted by Crippen LogP contribution is -2.47. The third kappa shape index (κ3) is 4.43. The molecule has 0 saturated carbocycles. The molecule has 0 saturated heterocycles. The van der Waals surface area contributed by atoms with Gasteiger partial charge in [0.1, 0.15) is 11.9 Å². The molecule has 0 spiro atoms. The Hall–Kier alpha value is -2.25. The molecule has 2 aromatic rings. The predicted molar refractivity (Wildman–Crippen MR) is 91.8 cm³/mol. The van der Waals surface area contributed by atoms with E-state index >= 15 is 0 Å². The zero-order valence-corrected chi connectivity index (χ0v) is 14.8. The lowest BCUT2D eigenvalue weighted by molar-refractivity contribution is -0.143. The molecule has 0 fully saturated rings. The first-order valence-electron chi connectivity index (χ1n) is 7.77.